The monoisotopic (exact) mass is 378 g/mol. The number of nitrogens with one attached hydrogen (secondary N) is 1. The molecule has 5 rings (SSSR count). The van der Waals surface area contributed by atoms with E-state index in [1.165, 1.54) is 5.56 Å². The third-order valence-electron chi connectivity index (χ3n) is 4.98. The largest absolute Gasteiger partial charge is 0.436 e. The van der Waals surface area contributed by atoms with Gasteiger partial charge in [0.05, 0.1) is 0 Å². The van der Waals surface area contributed by atoms with Gasteiger partial charge in [-0.2, -0.15) is 0 Å². The third-order valence-corrected chi connectivity index (χ3v) is 4.98. The van der Waals surface area contributed by atoms with E-state index in [2.05, 4.69) is 10.3 Å². The number of oxazole rings is 1. The molecule has 1 aromatic heterocycles. The summed E-state index contributed by atoms with van der Waals surface area (Å²) in [4.78, 5) is 17.5. The molecule has 1 N–H and O–H groups in total. The van der Waals surface area contributed by atoms with Crippen LogP contribution in [0, 0.1) is 6.92 Å². The number of nitrogens with zero attached hydrogens (tertiary/aromatic N) is 1. The van der Waals surface area contributed by atoms with Crippen molar-refractivity contribution in [1.82, 2.24) is 4.98 Å². The molecule has 0 radical (unpaired) electrons. The third kappa shape index (κ3) is 3.25. The van der Waals surface area contributed by atoms with Gasteiger partial charge in [-0.05, 0) is 54.1 Å². The van der Waals surface area contributed by atoms with Crippen molar-refractivity contribution < 1.29 is 9.21 Å². The van der Waals surface area contributed by atoms with Crippen LogP contribution in [0.1, 0.15) is 15.9 Å². The second kappa shape index (κ2) is 6.91. The average molecular weight is 378 g/mol. The van der Waals surface area contributed by atoms with Crippen molar-refractivity contribution in [3.05, 3.63) is 96.1 Å². The summed E-state index contributed by atoms with van der Waals surface area (Å²) in [6.45, 7) is 2.04. The summed E-state index contributed by atoms with van der Waals surface area (Å²) in [6.07, 6.45) is 0. The van der Waals surface area contributed by atoms with E-state index in [1.54, 1.807) is 0 Å². The van der Waals surface area contributed by atoms with Gasteiger partial charge in [0.15, 0.2) is 5.58 Å². The maximum absolute atomic E-state index is 12.9. The van der Waals surface area contributed by atoms with Crippen LogP contribution in [0.4, 0.5) is 5.69 Å². The van der Waals surface area contributed by atoms with Crippen LogP contribution < -0.4 is 5.32 Å². The molecule has 5 aromatic rings. The van der Waals surface area contributed by atoms with Gasteiger partial charge in [0, 0.05) is 16.8 Å². The van der Waals surface area contributed by atoms with Gasteiger partial charge >= 0.3 is 0 Å². The first kappa shape index (κ1) is 17.2. The van der Waals surface area contributed by atoms with E-state index in [0.717, 1.165) is 16.3 Å². The highest BCUT2D eigenvalue weighted by Crippen LogP contribution is 2.27. The number of benzene rings is 4. The number of hydrogen-bond donors (Lipinski definition) is 1. The van der Waals surface area contributed by atoms with Crippen LogP contribution in [0.15, 0.2) is 89.3 Å². The van der Waals surface area contributed by atoms with Gasteiger partial charge in [0.25, 0.3) is 5.91 Å². The van der Waals surface area contributed by atoms with Crippen molar-refractivity contribution in [2.24, 2.45) is 0 Å². The fourth-order valence-corrected chi connectivity index (χ4v) is 3.45. The maximum atomic E-state index is 12.9. The molecular formula is C25H18N2O2. The first-order valence-electron chi connectivity index (χ1n) is 9.44. The zero-order valence-corrected chi connectivity index (χ0v) is 15.8. The van der Waals surface area contributed by atoms with Gasteiger partial charge in [-0.25, -0.2) is 4.98 Å². The zero-order valence-electron chi connectivity index (χ0n) is 15.8. The highest BCUT2D eigenvalue weighted by molar-refractivity contribution is 6.13. The normalized spacial score (nSPS) is 11.1. The van der Waals surface area contributed by atoms with E-state index in [9.17, 15) is 4.79 Å². The molecule has 0 bridgehead atoms. The second-order valence-corrected chi connectivity index (χ2v) is 7.05. The van der Waals surface area contributed by atoms with Crippen LogP contribution >= 0.6 is 0 Å². The molecule has 0 spiro atoms. The lowest BCUT2D eigenvalue weighted by Gasteiger charge is -2.08. The van der Waals surface area contributed by atoms with E-state index in [4.69, 9.17) is 4.42 Å². The second-order valence-electron chi connectivity index (χ2n) is 7.05. The standard InChI is InChI=1S/C25H18N2O2/c1-16-9-11-18(12-10-16)25-27-22-15-19(13-14-23(22)29-25)26-24(28)21-8-4-6-17-5-2-3-7-20(17)21/h2-15H,1H3,(H,26,28). The summed E-state index contributed by atoms with van der Waals surface area (Å²) in [6, 6.07) is 27.1. The molecule has 0 aliphatic carbocycles. The summed E-state index contributed by atoms with van der Waals surface area (Å²) in [5.74, 6) is 0.418. The Hall–Kier alpha value is -3.92. The van der Waals surface area contributed by atoms with E-state index >= 15 is 0 Å². The Labute approximate surface area is 167 Å². The van der Waals surface area contributed by atoms with Crippen LogP contribution in [0.3, 0.4) is 0 Å². The quantitative estimate of drug-likeness (QED) is 0.406. The number of carbonyl (C=O) groups excluding carboxylic acids is 1. The molecule has 0 fully saturated rings. The number of amides is 1. The molecular weight excluding hydrogens is 360 g/mol. The van der Waals surface area contributed by atoms with Crippen LogP contribution in [-0.4, -0.2) is 10.9 Å². The minimum atomic E-state index is -0.150. The molecule has 4 aromatic carbocycles. The number of aryl methyl sites for hydroxylation is 1. The number of hydrogen-bond acceptors (Lipinski definition) is 3. The SMILES string of the molecule is Cc1ccc(-c2nc3cc(NC(=O)c4cccc5ccccc45)ccc3o2)cc1. The van der Waals surface area contributed by atoms with Gasteiger partial charge in [0.2, 0.25) is 5.89 Å². The maximum Gasteiger partial charge on any atom is 0.256 e. The van der Waals surface area contributed by atoms with Crippen molar-refractivity contribution in [2.75, 3.05) is 5.32 Å². The van der Waals surface area contributed by atoms with Crippen LogP contribution in [0.25, 0.3) is 33.3 Å². The van der Waals surface area contributed by atoms with Gasteiger partial charge < -0.3 is 9.73 Å². The Kier molecular flexibility index (Phi) is 4.10. The smallest absolute Gasteiger partial charge is 0.256 e. The molecule has 1 amide bonds. The van der Waals surface area contributed by atoms with Crippen molar-refractivity contribution in [3.63, 3.8) is 0 Å². The Morgan fingerprint density at radius 1 is 0.897 bits per heavy atom. The lowest BCUT2D eigenvalue weighted by Crippen LogP contribution is -2.12. The van der Waals surface area contributed by atoms with Gasteiger partial charge in [-0.3, -0.25) is 4.79 Å². The highest BCUT2D eigenvalue weighted by atomic mass is 16.3. The zero-order chi connectivity index (χ0) is 19.8. The predicted molar refractivity (Wildman–Crippen MR) is 116 cm³/mol. The number of anilines is 1. The fourth-order valence-electron chi connectivity index (χ4n) is 3.45. The van der Waals surface area contributed by atoms with E-state index < -0.39 is 0 Å². The van der Waals surface area contributed by atoms with Crippen LogP contribution in [0.2, 0.25) is 0 Å². The average Bonchev–Trinajstić information content (AvgIpc) is 3.17. The molecule has 1 heterocycles. The Bertz CT molecular complexity index is 1350. The topological polar surface area (TPSA) is 55.1 Å². The number of aromatic nitrogens is 1. The summed E-state index contributed by atoms with van der Waals surface area (Å²) in [7, 11) is 0. The van der Waals surface area contributed by atoms with Crippen molar-refractivity contribution in [3.8, 4) is 11.5 Å². The van der Waals surface area contributed by atoms with Crippen molar-refractivity contribution in [2.45, 2.75) is 6.92 Å². The van der Waals surface area contributed by atoms with Gasteiger partial charge in [-0.15, -0.1) is 0 Å². The summed E-state index contributed by atoms with van der Waals surface area (Å²) >= 11 is 0. The van der Waals surface area contributed by atoms with Crippen LogP contribution in [-0.2, 0) is 0 Å². The fraction of sp³-hybridized carbons (Fsp3) is 0.0400. The molecule has 4 nitrogen and oxygen atoms in total. The lowest BCUT2D eigenvalue weighted by atomic mass is 10.0. The summed E-state index contributed by atoms with van der Waals surface area (Å²) < 4.78 is 5.87. The Balaban J connectivity index is 1.46. The molecule has 29 heavy (non-hydrogen) atoms. The molecule has 0 aliphatic heterocycles. The Morgan fingerprint density at radius 3 is 2.55 bits per heavy atom. The molecule has 0 atom stereocenters. The predicted octanol–water partition coefficient (Wildman–Crippen LogP) is 6.21. The first-order valence-corrected chi connectivity index (χ1v) is 9.44. The van der Waals surface area contributed by atoms with Crippen molar-refractivity contribution in [1.29, 1.82) is 0 Å². The van der Waals surface area contributed by atoms with E-state index in [1.807, 2.05) is 91.9 Å². The summed E-state index contributed by atoms with van der Waals surface area (Å²) in [5, 5.41) is 4.94. The number of rotatable bonds is 3. The molecule has 0 saturated heterocycles. The van der Waals surface area contributed by atoms with E-state index in [0.29, 0.717) is 28.2 Å². The minimum Gasteiger partial charge on any atom is -0.436 e. The first-order chi connectivity index (χ1) is 14.2. The highest BCUT2D eigenvalue weighted by Gasteiger charge is 2.12. The van der Waals surface area contributed by atoms with Gasteiger partial charge in [-0.1, -0.05) is 54.1 Å². The lowest BCUT2D eigenvalue weighted by molar-refractivity contribution is 0.102. The minimum absolute atomic E-state index is 0.150. The molecule has 0 saturated carbocycles. The molecule has 4 heteroatoms. The molecule has 0 unspecified atom stereocenters. The van der Waals surface area contributed by atoms with Crippen molar-refractivity contribution >= 4 is 33.5 Å². The molecule has 0 aliphatic rings. The number of fused-ring (bicyclic) bond motifs is 2. The number of carbonyl (C=O) groups is 1. The summed E-state index contributed by atoms with van der Waals surface area (Å²) in [5.41, 5.74) is 4.82. The van der Waals surface area contributed by atoms with E-state index in [-0.39, 0.29) is 5.91 Å². The van der Waals surface area contributed by atoms with Gasteiger partial charge in [0.1, 0.15) is 5.52 Å². The molecule has 140 valence electrons. The Morgan fingerprint density at radius 2 is 1.69 bits per heavy atom. The van der Waals surface area contributed by atoms with Crippen LogP contribution in [0.5, 0.6) is 0 Å².